The van der Waals surface area contributed by atoms with Gasteiger partial charge in [0, 0.05) is 0 Å². The van der Waals surface area contributed by atoms with Crippen LogP contribution in [0.5, 0.6) is 0 Å². The molecule has 0 saturated carbocycles. The van der Waals surface area contributed by atoms with Crippen LogP contribution in [0.15, 0.2) is 49.0 Å². The standard InChI is InChI=1S/C15H13F/c1-3-12-8-9-14(16)10-15(12)13-6-4-11(2)5-7-13/h3-10H,1H2,2H3. The third-order valence-electron chi connectivity index (χ3n) is 2.60. The van der Waals surface area contributed by atoms with Crippen molar-refractivity contribution in [2.45, 2.75) is 6.92 Å². The van der Waals surface area contributed by atoms with Gasteiger partial charge in [-0.3, -0.25) is 0 Å². The van der Waals surface area contributed by atoms with E-state index in [0.717, 1.165) is 16.7 Å². The highest BCUT2D eigenvalue weighted by atomic mass is 19.1. The van der Waals surface area contributed by atoms with Crippen molar-refractivity contribution in [3.8, 4) is 11.1 Å². The maximum absolute atomic E-state index is 13.2. The van der Waals surface area contributed by atoms with Crippen LogP contribution < -0.4 is 0 Å². The molecule has 16 heavy (non-hydrogen) atoms. The molecule has 0 unspecified atom stereocenters. The molecule has 0 heterocycles. The van der Waals surface area contributed by atoms with Gasteiger partial charge in [-0.25, -0.2) is 4.39 Å². The van der Waals surface area contributed by atoms with E-state index < -0.39 is 0 Å². The molecule has 0 amide bonds. The SMILES string of the molecule is C=Cc1ccc(F)cc1-c1ccc(C)cc1. The Kier molecular flexibility index (Phi) is 2.86. The van der Waals surface area contributed by atoms with Crippen molar-refractivity contribution in [1.29, 1.82) is 0 Å². The summed E-state index contributed by atoms with van der Waals surface area (Å²) in [7, 11) is 0. The van der Waals surface area contributed by atoms with Crippen LogP contribution >= 0.6 is 0 Å². The first-order valence-electron chi connectivity index (χ1n) is 5.20. The zero-order valence-electron chi connectivity index (χ0n) is 9.20. The molecule has 0 aliphatic carbocycles. The molecule has 80 valence electrons. The minimum atomic E-state index is -0.221. The van der Waals surface area contributed by atoms with Crippen molar-refractivity contribution in [1.82, 2.24) is 0 Å². The Balaban J connectivity index is 2.57. The van der Waals surface area contributed by atoms with Crippen molar-refractivity contribution in [2.75, 3.05) is 0 Å². The predicted octanol–water partition coefficient (Wildman–Crippen LogP) is 4.44. The molecule has 0 saturated heterocycles. The second-order valence-corrected chi connectivity index (χ2v) is 3.80. The molecule has 2 aromatic rings. The summed E-state index contributed by atoms with van der Waals surface area (Å²) in [5.41, 5.74) is 4.04. The van der Waals surface area contributed by atoms with Gasteiger partial charge in [0.1, 0.15) is 5.82 Å². The average Bonchev–Trinajstić information content (AvgIpc) is 2.30. The van der Waals surface area contributed by atoms with Gasteiger partial charge in [-0.2, -0.15) is 0 Å². The lowest BCUT2D eigenvalue weighted by Gasteiger charge is -2.06. The zero-order valence-corrected chi connectivity index (χ0v) is 9.20. The highest BCUT2D eigenvalue weighted by Gasteiger charge is 2.03. The Labute approximate surface area is 95.1 Å². The van der Waals surface area contributed by atoms with E-state index in [0.29, 0.717) is 0 Å². The van der Waals surface area contributed by atoms with Crippen LogP contribution in [0.2, 0.25) is 0 Å². The number of hydrogen-bond donors (Lipinski definition) is 0. The Morgan fingerprint density at radius 1 is 1.06 bits per heavy atom. The Morgan fingerprint density at radius 2 is 1.75 bits per heavy atom. The Hall–Kier alpha value is -1.89. The van der Waals surface area contributed by atoms with Crippen molar-refractivity contribution >= 4 is 6.08 Å². The number of aryl methyl sites for hydroxylation is 1. The predicted molar refractivity (Wildman–Crippen MR) is 66.7 cm³/mol. The minimum absolute atomic E-state index is 0.221. The molecule has 0 radical (unpaired) electrons. The topological polar surface area (TPSA) is 0 Å². The van der Waals surface area contributed by atoms with Crippen LogP contribution in [0.25, 0.3) is 17.2 Å². The summed E-state index contributed by atoms with van der Waals surface area (Å²) < 4.78 is 13.2. The van der Waals surface area contributed by atoms with E-state index in [1.807, 2.05) is 31.2 Å². The molecule has 0 fully saturated rings. The normalized spacial score (nSPS) is 10.1. The molecular weight excluding hydrogens is 199 g/mol. The third-order valence-corrected chi connectivity index (χ3v) is 2.60. The van der Waals surface area contributed by atoms with Gasteiger partial charge in [-0.1, -0.05) is 48.6 Å². The first-order chi connectivity index (χ1) is 7.70. The van der Waals surface area contributed by atoms with Crippen molar-refractivity contribution in [3.63, 3.8) is 0 Å². The van der Waals surface area contributed by atoms with Crippen LogP contribution in [0, 0.1) is 12.7 Å². The lowest BCUT2D eigenvalue weighted by molar-refractivity contribution is 0.628. The maximum atomic E-state index is 13.2. The lowest BCUT2D eigenvalue weighted by atomic mass is 9.99. The molecule has 0 atom stereocenters. The smallest absolute Gasteiger partial charge is 0.123 e. The van der Waals surface area contributed by atoms with E-state index in [1.54, 1.807) is 18.2 Å². The maximum Gasteiger partial charge on any atom is 0.123 e. The minimum Gasteiger partial charge on any atom is -0.207 e. The molecular formula is C15H13F. The quantitative estimate of drug-likeness (QED) is 0.690. The van der Waals surface area contributed by atoms with Gasteiger partial charge in [0.15, 0.2) is 0 Å². The van der Waals surface area contributed by atoms with Gasteiger partial charge < -0.3 is 0 Å². The van der Waals surface area contributed by atoms with Crippen LogP contribution in [0.3, 0.4) is 0 Å². The molecule has 1 heteroatoms. The van der Waals surface area contributed by atoms with E-state index in [4.69, 9.17) is 0 Å². The molecule has 0 bridgehead atoms. The summed E-state index contributed by atoms with van der Waals surface area (Å²) in [6.45, 7) is 5.77. The first kappa shape index (κ1) is 10.6. The average molecular weight is 212 g/mol. The van der Waals surface area contributed by atoms with Crippen molar-refractivity contribution in [3.05, 3.63) is 66.0 Å². The van der Waals surface area contributed by atoms with Gasteiger partial charge in [0.25, 0.3) is 0 Å². The number of benzene rings is 2. The fourth-order valence-corrected chi connectivity index (χ4v) is 1.69. The molecule has 0 aromatic heterocycles. The van der Waals surface area contributed by atoms with Crippen molar-refractivity contribution < 1.29 is 4.39 Å². The summed E-state index contributed by atoms with van der Waals surface area (Å²) in [6.07, 6.45) is 1.74. The molecule has 2 aromatic carbocycles. The number of halogens is 1. The van der Waals surface area contributed by atoms with Crippen LogP contribution in [-0.2, 0) is 0 Å². The van der Waals surface area contributed by atoms with E-state index in [2.05, 4.69) is 6.58 Å². The first-order valence-corrected chi connectivity index (χ1v) is 5.20. The Bertz CT molecular complexity index is 509. The second kappa shape index (κ2) is 4.31. The molecule has 0 spiro atoms. The molecule has 0 nitrogen and oxygen atoms in total. The van der Waals surface area contributed by atoms with E-state index in [1.165, 1.54) is 11.6 Å². The summed E-state index contributed by atoms with van der Waals surface area (Å²) >= 11 is 0. The highest BCUT2D eigenvalue weighted by molar-refractivity contribution is 5.74. The van der Waals surface area contributed by atoms with Gasteiger partial charge in [-0.15, -0.1) is 0 Å². The largest absolute Gasteiger partial charge is 0.207 e. The fraction of sp³-hybridized carbons (Fsp3) is 0.0667. The summed E-state index contributed by atoms with van der Waals surface area (Å²) in [6, 6.07) is 12.8. The summed E-state index contributed by atoms with van der Waals surface area (Å²) in [4.78, 5) is 0. The highest BCUT2D eigenvalue weighted by Crippen LogP contribution is 2.25. The van der Waals surface area contributed by atoms with Crippen LogP contribution in [0.1, 0.15) is 11.1 Å². The van der Waals surface area contributed by atoms with Gasteiger partial charge in [0.05, 0.1) is 0 Å². The van der Waals surface area contributed by atoms with Crippen molar-refractivity contribution in [2.24, 2.45) is 0 Å². The zero-order chi connectivity index (χ0) is 11.5. The third kappa shape index (κ3) is 2.03. The van der Waals surface area contributed by atoms with E-state index in [9.17, 15) is 4.39 Å². The van der Waals surface area contributed by atoms with Gasteiger partial charge in [0.2, 0.25) is 0 Å². The summed E-state index contributed by atoms with van der Waals surface area (Å²) in [5, 5.41) is 0. The van der Waals surface area contributed by atoms with E-state index in [-0.39, 0.29) is 5.82 Å². The Morgan fingerprint density at radius 3 is 2.38 bits per heavy atom. The number of rotatable bonds is 2. The number of hydrogen-bond acceptors (Lipinski definition) is 0. The van der Waals surface area contributed by atoms with Gasteiger partial charge in [-0.05, 0) is 35.7 Å². The second-order valence-electron chi connectivity index (χ2n) is 3.80. The molecule has 2 rings (SSSR count). The summed E-state index contributed by atoms with van der Waals surface area (Å²) in [5.74, 6) is -0.221. The van der Waals surface area contributed by atoms with E-state index >= 15 is 0 Å². The molecule has 0 aliphatic rings. The lowest BCUT2D eigenvalue weighted by Crippen LogP contribution is -1.85. The van der Waals surface area contributed by atoms with Crippen LogP contribution in [-0.4, -0.2) is 0 Å². The molecule has 0 aliphatic heterocycles. The van der Waals surface area contributed by atoms with Gasteiger partial charge >= 0.3 is 0 Å². The fourth-order valence-electron chi connectivity index (χ4n) is 1.69. The monoisotopic (exact) mass is 212 g/mol. The molecule has 0 N–H and O–H groups in total. The van der Waals surface area contributed by atoms with Crippen LogP contribution in [0.4, 0.5) is 4.39 Å².